The molecule has 1 aliphatic rings. The number of carboxylic acids is 1. The van der Waals surface area contributed by atoms with Crippen molar-refractivity contribution in [3.63, 3.8) is 0 Å². The van der Waals surface area contributed by atoms with E-state index >= 15 is 0 Å². The molecule has 0 bridgehead atoms. The van der Waals surface area contributed by atoms with Gasteiger partial charge >= 0.3 is 5.97 Å². The number of aliphatic hydroxyl groups is 3. The van der Waals surface area contributed by atoms with Gasteiger partial charge < -0.3 is 49.6 Å². The molecular formula is C21H18O12. The SMILES string of the molecule is O=C(O)[C@H]1O[C@@H](Oc2cc(O)cc3oc(-c4ccc(O)c(O)c4)cc(=O)c23)[C@H](O)[C@@H](O)[C@@H]1O. The van der Waals surface area contributed by atoms with Gasteiger partial charge in [0.1, 0.15) is 46.5 Å². The zero-order chi connectivity index (χ0) is 24.0. The maximum atomic E-state index is 12.8. The lowest BCUT2D eigenvalue weighted by atomic mass is 9.99. The zero-order valence-electron chi connectivity index (χ0n) is 16.5. The summed E-state index contributed by atoms with van der Waals surface area (Å²) in [6.45, 7) is 0. The molecule has 0 spiro atoms. The summed E-state index contributed by atoms with van der Waals surface area (Å²) in [7, 11) is 0. The summed E-state index contributed by atoms with van der Waals surface area (Å²) in [5, 5.41) is 68.1. The minimum absolute atomic E-state index is 0.0159. The van der Waals surface area contributed by atoms with E-state index in [1.165, 1.54) is 12.1 Å². The first-order valence-corrected chi connectivity index (χ1v) is 9.49. The first-order chi connectivity index (χ1) is 15.6. The lowest BCUT2D eigenvalue weighted by molar-refractivity contribution is -0.270. The van der Waals surface area contributed by atoms with E-state index in [2.05, 4.69) is 0 Å². The number of fused-ring (bicyclic) bond motifs is 1. The van der Waals surface area contributed by atoms with Crippen molar-refractivity contribution in [3.05, 3.63) is 46.6 Å². The summed E-state index contributed by atoms with van der Waals surface area (Å²) < 4.78 is 16.1. The van der Waals surface area contributed by atoms with Crippen molar-refractivity contribution in [1.82, 2.24) is 0 Å². The molecule has 0 aliphatic carbocycles. The van der Waals surface area contributed by atoms with Gasteiger partial charge in [0, 0.05) is 23.8 Å². The molecule has 0 radical (unpaired) electrons. The normalized spacial score (nSPS) is 25.1. The molecule has 0 unspecified atom stereocenters. The monoisotopic (exact) mass is 462 g/mol. The Morgan fingerprint density at radius 1 is 0.909 bits per heavy atom. The molecule has 1 aromatic heterocycles. The number of aromatic hydroxyl groups is 3. The molecule has 4 rings (SSSR count). The third kappa shape index (κ3) is 4.03. The van der Waals surface area contributed by atoms with Gasteiger partial charge in [-0.05, 0) is 18.2 Å². The highest BCUT2D eigenvalue weighted by Crippen LogP contribution is 2.35. The highest BCUT2D eigenvalue weighted by atomic mass is 16.7. The number of phenolic OH excluding ortho intramolecular Hbond substituents is 3. The van der Waals surface area contributed by atoms with E-state index in [1.54, 1.807) is 0 Å². The minimum atomic E-state index is -1.94. The first-order valence-electron chi connectivity index (χ1n) is 9.49. The average molecular weight is 462 g/mol. The lowest BCUT2D eigenvalue weighted by Crippen LogP contribution is -2.61. The van der Waals surface area contributed by atoms with E-state index in [0.717, 1.165) is 24.3 Å². The molecule has 0 amide bonds. The smallest absolute Gasteiger partial charge is 0.335 e. The summed E-state index contributed by atoms with van der Waals surface area (Å²) in [6, 6.07) is 6.87. The van der Waals surface area contributed by atoms with Gasteiger partial charge in [-0.25, -0.2) is 4.79 Å². The number of aliphatic hydroxyl groups excluding tert-OH is 3. The molecule has 174 valence electrons. The average Bonchev–Trinajstić information content (AvgIpc) is 2.75. The third-order valence-corrected chi connectivity index (χ3v) is 5.10. The van der Waals surface area contributed by atoms with E-state index in [0.29, 0.717) is 0 Å². The molecule has 12 nitrogen and oxygen atoms in total. The number of hydrogen-bond donors (Lipinski definition) is 7. The van der Waals surface area contributed by atoms with Gasteiger partial charge in [0.2, 0.25) is 6.29 Å². The molecule has 7 N–H and O–H groups in total. The number of benzene rings is 2. The Balaban J connectivity index is 1.76. The fourth-order valence-electron chi connectivity index (χ4n) is 3.42. The third-order valence-electron chi connectivity index (χ3n) is 5.10. The summed E-state index contributed by atoms with van der Waals surface area (Å²) in [6.07, 6.45) is -9.50. The van der Waals surface area contributed by atoms with Crippen LogP contribution in [0.5, 0.6) is 23.0 Å². The van der Waals surface area contributed by atoms with E-state index in [1.807, 2.05) is 0 Å². The molecule has 1 saturated heterocycles. The fourth-order valence-corrected chi connectivity index (χ4v) is 3.42. The lowest BCUT2D eigenvalue weighted by Gasteiger charge is -2.38. The highest BCUT2D eigenvalue weighted by molar-refractivity contribution is 5.86. The van der Waals surface area contributed by atoms with Crippen LogP contribution in [0.1, 0.15) is 0 Å². The number of hydrogen-bond acceptors (Lipinski definition) is 11. The number of ether oxygens (including phenoxy) is 2. The van der Waals surface area contributed by atoms with Crippen LogP contribution in [0.4, 0.5) is 0 Å². The molecule has 1 aliphatic heterocycles. The zero-order valence-corrected chi connectivity index (χ0v) is 16.5. The minimum Gasteiger partial charge on any atom is -0.508 e. The predicted molar refractivity (Wildman–Crippen MR) is 108 cm³/mol. The van der Waals surface area contributed by atoms with Crippen molar-refractivity contribution in [2.24, 2.45) is 0 Å². The van der Waals surface area contributed by atoms with Crippen LogP contribution < -0.4 is 10.2 Å². The number of carbonyl (C=O) groups is 1. The molecule has 0 saturated carbocycles. The number of rotatable bonds is 4. The Kier molecular flexibility index (Phi) is 5.59. The molecular weight excluding hydrogens is 444 g/mol. The maximum Gasteiger partial charge on any atom is 0.335 e. The second-order valence-electron chi connectivity index (χ2n) is 7.35. The molecule has 2 aromatic carbocycles. The fraction of sp³-hybridized carbons (Fsp3) is 0.238. The Labute approximate surface area is 183 Å². The molecule has 5 atom stereocenters. The van der Waals surface area contributed by atoms with Crippen LogP contribution in [-0.2, 0) is 9.53 Å². The van der Waals surface area contributed by atoms with Gasteiger partial charge in [0.05, 0.1) is 0 Å². The van der Waals surface area contributed by atoms with Crippen LogP contribution in [0.2, 0.25) is 0 Å². The van der Waals surface area contributed by atoms with Crippen LogP contribution in [0.25, 0.3) is 22.3 Å². The Morgan fingerprint density at radius 2 is 1.64 bits per heavy atom. The van der Waals surface area contributed by atoms with Gasteiger partial charge in [0.25, 0.3) is 0 Å². The second kappa shape index (κ2) is 8.26. The van der Waals surface area contributed by atoms with Gasteiger partial charge in [-0.15, -0.1) is 0 Å². The first kappa shape index (κ1) is 22.4. The summed E-state index contributed by atoms with van der Waals surface area (Å²) >= 11 is 0. The van der Waals surface area contributed by atoms with Crippen molar-refractivity contribution in [1.29, 1.82) is 0 Å². The molecule has 3 aromatic rings. The van der Waals surface area contributed by atoms with Gasteiger partial charge in [-0.3, -0.25) is 4.79 Å². The van der Waals surface area contributed by atoms with Crippen molar-refractivity contribution in [2.45, 2.75) is 30.7 Å². The van der Waals surface area contributed by atoms with Crippen LogP contribution in [-0.4, -0.2) is 72.4 Å². The molecule has 1 fully saturated rings. The van der Waals surface area contributed by atoms with Crippen molar-refractivity contribution >= 4 is 16.9 Å². The number of carboxylic acid groups (broad SMARTS) is 1. The quantitative estimate of drug-likeness (QED) is 0.253. The van der Waals surface area contributed by atoms with E-state index in [-0.39, 0.29) is 33.8 Å². The van der Waals surface area contributed by atoms with Crippen LogP contribution in [0.15, 0.2) is 45.6 Å². The van der Waals surface area contributed by atoms with E-state index in [4.69, 9.17) is 19.0 Å². The maximum absolute atomic E-state index is 12.8. The van der Waals surface area contributed by atoms with Gasteiger partial charge in [-0.2, -0.15) is 0 Å². The Morgan fingerprint density at radius 3 is 2.30 bits per heavy atom. The molecule has 12 heteroatoms. The van der Waals surface area contributed by atoms with E-state index in [9.17, 15) is 40.2 Å². The molecule has 2 heterocycles. The second-order valence-corrected chi connectivity index (χ2v) is 7.35. The van der Waals surface area contributed by atoms with Crippen molar-refractivity contribution < 1.29 is 54.4 Å². The van der Waals surface area contributed by atoms with Crippen LogP contribution >= 0.6 is 0 Å². The predicted octanol–water partition coefficient (Wildman–Crippen LogP) is -0.152. The Hall–Kier alpha value is -3.84. The van der Waals surface area contributed by atoms with Crippen LogP contribution in [0.3, 0.4) is 0 Å². The number of aliphatic carboxylic acids is 1. The molecule has 33 heavy (non-hydrogen) atoms. The topological polar surface area (TPSA) is 207 Å². The summed E-state index contributed by atoms with van der Waals surface area (Å²) in [4.78, 5) is 24.1. The van der Waals surface area contributed by atoms with Crippen molar-refractivity contribution in [3.8, 4) is 34.3 Å². The Bertz CT molecular complexity index is 1280. The van der Waals surface area contributed by atoms with Gasteiger partial charge in [0.15, 0.2) is 23.0 Å². The summed E-state index contributed by atoms with van der Waals surface area (Å²) in [5.74, 6) is -3.25. The highest BCUT2D eigenvalue weighted by Gasteiger charge is 2.48. The van der Waals surface area contributed by atoms with Crippen LogP contribution in [0, 0.1) is 0 Å². The van der Waals surface area contributed by atoms with E-state index < -0.39 is 53.6 Å². The summed E-state index contributed by atoms with van der Waals surface area (Å²) in [5.41, 5.74) is -0.599. The number of phenols is 3. The standard InChI is InChI=1S/C21H18O12/c22-8-4-13-15(11(25)6-12(31-13)7-1-2-9(23)10(24)3-7)14(5-8)32-21-18(28)16(26)17(27)19(33-21)20(29)30/h1-6,16-19,21-24,26-28H,(H,29,30)/t16-,17-,18+,19-,21+/m0/s1. The largest absolute Gasteiger partial charge is 0.508 e. The van der Waals surface area contributed by atoms with Crippen molar-refractivity contribution in [2.75, 3.05) is 0 Å². The van der Waals surface area contributed by atoms with Gasteiger partial charge in [-0.1, -0.05) is 0 Å².